The Morgan fingerprint density at radius 2 is 1.72 bits per heavy atom. The van der Waals surface area contributed by atoms with Crippen molar-refractivity contribution in [2.45, 2.75) is 44.6 Å². The van der Waals surface area contributed by atoms with Gasteiger partial charge in [0, 0.05) is 30.5 Å². The van der Waals surface area contributed by atoms with E-state index >= 15 is 0 Å². The molecule has 0 radical (unpaired) electrons. The maximum atomic E-state index is 12.3. The van der Waals surface area contributed by atoms with Gasteiger partial charge >= 0.3 is 0 Å². The fourth-order valence-corrected chi connectivity index (χ4v) is 4.89. The molecule has 25 heavy (non-hydrogen) atoms. The van der Waals surface area contributed by atoms with Crippen LogP contribution >= 0.6 is 0 Å². The molecule has 1 saturated heterocycles. The molecule has 7 heteroatoms. The Kier molecular flexibility index (Phi) is 5.64. The highest BCUT2D eigenvalue weighted by molar-refractivity contribution is 7.88. The summed E-state index contributed by atoms with van der Waals surface area (Å²) in [6, 6.07) is 7.73. The lowest BCUT2D eigenvalue weighted by Crippen LogP contribution is -2.43. The number of carbonyl (C=O) groups is 1. The van der Waals surface area contributed by atoms with Gasteiger partial charge in [0.05, 0.1) is 12.8 Å². The minimum Gasteiger partial charge on any atom is -0.372 e. The molecule has 1 amide bonds. The molecular formula is C18H27N3O3S. The first-order valence-corrected chi connectivity index (χ1v) is 10.9. The van der Waals surface area contributed by atoms with Crippen LogP contribution < -0.4 is 10.2 Å². The van der Waals surface area contributed by atoms with Crippen LogP contribution in [0.3, 0.4) is 0 Å². The fourth-order valence-electron chi connectivity index (χ4n) is 3.78. The number of nitrogens with zero attached hydrogens (tertiary/aromatic N) is 2. The summed E-state index contributed by atoms with van der Waals surface area (Å²) in [5.41, 5.74) is 1.87. The van der Waals surface area contributed by atoms with Crippen LogP contribution in [0.5, 0.6) is 0 Å². The Labute approximate surface area is 150 Å². The zero-order valence-corrected chi connectivity index (χ0v) is 15.6. The summed E-state index contributed by atoms with van der Waals surface area (Å²) in [5, 5.41) is 2.82. The molecule has 138 valence electrons. The Hall–Kier alpha value is -1.60. The lowest BCUT2D eigenvalue weighted by Gasteiger charge is -2.25. The van der Waals surface area contributed by atoms with Crippen molar-refractivity contribution in [1.29, 1.82) is 0 Å². The predicted octanol–water partition coefficient (Wildman–Crippen LogP) is 2.43. The molecule has 1 heterocycles. The summed E-state index contributed by atoms with van der Waals surface area (Å²) < 4.78 is 25.4. The van der Waals surface area contributed by atoms with Crippen molar-refractivity contribution in [1.82, 2.24) is 4.31 Å². The maximum absolute atomic E-state index is 12.3. The minimum atomic E-state index is -3.39. The normalized spacial score (nSPS) is 18.9. The van der Waals surface area contributed by atoms with E-state index in [1.807, 2.05) is 24.3 Å². The molecule has 1 aromatic carbocycles. The van der Waals surface area contributed by atoms with E-state index < -0.39 is 10.0 Å². The van der Waals surface area contributed by atoms with E-state index in [1.54, 1.807) is 0 Å². The second kappa shape index (κ2) is 7.74. The highest BCUT2D eigenvalue weighted by Crippen LogP contribution is 2.25. The van der Waals surface area contributed by atoms with Gasteiger partial charge in [-0.1, -0.05) is 12.8 Å². The first-order chi connectivity index (χ1) is 11.9. The summed E-state index contributed by atoms with van der Waals surface area (Å²) in [4.78, 5) is 14.7. The largest absolute Gasteiger partial charge is 0.372 e. The zero-order valence-electron chi connectivity index (χ0n) is 14.8. The maximum Gasteiger partial charge on any atom is 0.239 e. The second-order valence-corrected chi connectivity index (χ2v) is 8.97. The molecule has 0 unspecified atom stereocenters. The Morgan fingerprint density at radius 1 is 1.12 bits per heavy atom. The summed E-state index contributed by atoms with van der Waals surface area (Å²) in [6.45, 7) is 2.05. The van der Waals surface area contributed by atoms with Crippen LogP contribution in [-0.2, 0) is 14.8 Å². The molecule has 0 spiro atoms. The van der Waals surface area contributed by atoms with Gasteiger partial charge in [-0.05, 0) is 49.9 Å². The van der Waals surface area contributed by atoms with Crippen molar-refractivity contribution in [3.05, 3.63) is 24.3 Å². The van der Waals surface area contributed by atoms with Crippen molar-refractivity contribution < 1.29 is 13.2 Å². The molecule has 1 aliphatic heterocycles. The SMILES string of the molecule is CS(=O)(=O)N(CC(=O)Nc1ccc(N2CCCC2)cc1)C1CCCC1. The van der Waals surface area contributed by atoms with Crippen LogP contribution in [0, 0.1) is 0 Å². The molecule has 1 aliphatic carbocycles. The number of benzene rings is 1. The van der Waals surface area contributed by atoms with Crippen LogP contribution in [0.2, 0.25) is 0 Å². The summed E-state index contributed by atoms with van der Waals surface area (Å²) in [7, 11) is -3.39. The second-order valence-electron chi connectivity index (χ2n) is 7.04. The third-order valence-corrected chi connectivity index (χ3v) is 6.36. The van der Waals surface area contributed by atoms with Gasteiger partial charge < -0.3 is 10.2 Å². The molecule has 0 bridgehead atoms. The van der Waals surface area contributed by atoms with Crippen molar-refractivity contribution in [2.75, 3.05) is 36.1 Å². The molecule has 0 atom stereocenters. The number of sulfonamides is 1. The fraction of sp³-hybridized carbons (Fsp3) is 0.611. The van der Waals surface area contributed by atoms with Gasteiger partial charge in [-0.15, -0.1) is 0 Å². The number of hydrogen-bond donors (Lipinski definition) is 1. The molecular weight excluding hydrogens is 338 g/mol. The standard InChI is InChI=1S/C18H27N3O3S/c1-25(23,24)21(17-6-2-3-7-17)14-18(22)19-15-8-10-16(11-9-15)20-12-4-5-13-20/h8-11,17H,2-7,12-14H2,1H3,(H,19,22). The van der Waals surface area contributed by atoms with Gasteiger partial charge in [0.15, 0.2) is 0 Å². The van der Waals surface area contributed by atoms with Crippen LogP contribution in [0.15, 0.2) is 24.3 Å². The quantitative estimate of drug-likeness (QED) is 0.841. The third-order valence-electron chi connectivity index (χ3n) is 5.08. The van der Waals surface area contributed by atoms with Crippen molar-refractivity contribution in [3.8, 4) is 0 Å². The topological polar surface area (TPSA) is 69.7 Å². The summed E-state index contributed by atoms with van der Waals surface area (Å²) >= 11 is 0. The van der Waals surface area contributed by atoms with E-state index in [0.717, 1.165) is 38.8 Å². The smallest absolute Gasteiger partial charge is 0.239 e. The van der Waals surface area contributed by atoms with Crippen LogP contribution in [0.4, 0.5) is 11.4 Å². The minimum absolute atomic E-state index is 0.0432. The molecule has 6 nitrogen and oxygen atoms in total. The summed E-state index contributed by atoms with van der Waals surface area (Å²) in [6.07, 6.45) is 7.35. The first kappa shape index (κ1) is 18.2. The molecule has 2 fully saturated rings. The molecule has 1 N–H and O–H groups in total. The number of carbonyl (C=O) groups excluding carboxylic acids is 1. The monoisotopic (exact) mass is 365 g/mol. The number of amides is 1. The molecule has 0 aromatic heterocycles. The van der Waals surface area contributed by atoms with Crippen molar-refractivity contribution >= 4 is 27.3 Å². The average Bonchev–Trinajstić information content (AvgIpc) is 3.26. The van der Waals surface area contributed by atoms with Gasteiger partial charge in [-0.3, -0.25) is 4.79 Å². The zero-order chi connectivity index (χ0) is 17.9. The number of hydrogen-bond acceptors (Lipinski definition) is 4. The highest BCUT2D eigenvalue weighted by atomic mass is 32.2. The Morgan fingerprint density at radius 3 is 2.28 bits per heavy atom. The van der Waals surface area contributed by atoms with Crippen LogP contribution in [0.1, 0.15) is 38.5 Å². The lowest BCUT2D eigenvalue weighted by molar-refractivity contribution is -0.116. The Bertz CT molecular complexity index is 691. The van der Waals surface area contributed by atoms with E-state index in [9.17, 15) is 13.2 Å². The molecule has 1 aromatic rings. The van der Waals surface area contributed by atoms with E-state index in [0.29, 0.717) is 5.69 Å². The average molecular weight is 365 g/mol. The van der Waals surface area contributed by atoms with Crippen LogP contribution in [-0.4, -0.2) is 50.6 Å². The van der Waals surface area contributed by atoms with Crippen LogP contribution in [0.25, 0.3) is 0 Å². The molecule has 3 rings (SSSR count). The highest BCUT2D eigenvalue weighted by Gasteiger charge is 2.30. The first-order valence-electron chi connectivity index (χ1n) is 9.05. The van der Waals surface area contributed by atoms with Gasteiger partial charge in [-0.2, -0.15) is 4.31 Å². The number of rotatable bonds is 6. The van der Waals surface area contributed by atoms with Gasteiger partial charge in [0.1, 0.15) is 0 Å². The van der Waals surface area contributed by atoms with E-state index in [4.69, 9.17) is 0 Å². The third kappa shape index (κ3) is 4.73. The Balaban J connectivity index is 1.60. The van der Waals surface area contributed by atoms with Gasteiger partial charge in [-0.25, -0.2) is 8.42 Å². The van der Waals surface area contributed by atoms with Crippen molar-refractivity contribution in [2.24, 2.45) is 0 Å². The number of nitrogens with one attached hydrogen (secondary N) is 1. The van der Waals surface area contributed by atoms with Gasteiger partial charge in [0.25, 0.3) is 0 Å². The molecule has 1 saturated carbocycles. The van der Waals surface area contributed by atoms with E-state index in [1.165, 1.54) is 29.1 Å². The van der Waals surface area contributed by atoms with E-state index in [-0.39, 0.29) is 18.5 Å². The van der Waals surface area contributed by atoms with Crippen molar-refractivity contribution in [3.63, 3.8) is 0 Å². The summed E-state index contributed by atoms with van der Waals surface area (Å²) in [5.74, 6) is -0.286. The predicted molar refractivity (Wildman–Crippen MR) is 100 cm³/mol. The van der Waals surface area contributed by atoms with Gasteiger partial charge in [0.2, 0.25) is 15.9 Å². The molecule has 2 aliphatic rings. The van der Waals surface area contributed by atoms with E-state index in [2.05, 4.69) is 10.2 Å². The lowest BCUT2D eigenvalue weighted by atomic mass is 10.2. The number of anilines is 2.